The van der Waals surface area contributed by atoms with E-state index in [-0.39, 0.29) is 17.5 Å². The fraction of sp³-hybridized carbons (Fsp3) is 0.375. The Kier molecular flexibility index (Phi) is 4.40. The Morgan fingerprint density at radius 3 is 2.67 bits per heavy atom. The lowest BCUT2D eigenvalue weighted by Crippen LogP contribution is -2.36. The zero-order valence-electron chi connectivity index (χ0n) is 12.0. The smallest absolute Gasteiger partial charge is 0.328 e. The van der Waals surface area contributed by atoms with Crippen LogP contribution in [0.15, 0.2) is 24.3 Å². The van der Waals surface area contributed by atoms with Gasteiger partial charge in [-0.25, -0.2) is 9.18 Å². The van der Waals surface area contributed by atoms with Crippen molar-refractivity contribution in [2.75, 3.05) is 7.05 Å². The molecule has 1 fully saturated rings. The Balaban J connectivity index is 2.22. The molecular formula is C16H18FNO3. The Hall–Kier alpha value is -2.17. The number of hydrogen-bond donors (Lipinski definition) is 1. The van der Waals surface area contributed by atoms with Crippen LogP contribution in [-0.2, 0) is 4.79 Å². The van der Waals surface area contributed by atoms with E-state index in [2.05, 4.69) is 0 Å². The minimum Gasteiger partial charge on any atom is -0.478 e. The first kappa shape index (κ1) is 15.2. The number of carbonyl (C=O) groups excluding carboxylic acids is 1. The van der Waals surface area contributed by atoms with Gasteiger partial charge in [-0.2, -0.15) is 0 Å². The summed E-state index contributed by atoms with van der Waals surface area (Å²) in [7, 11) is 1.67. The van der Waals surface area contributed by atoms with Gasteiger partial charge in [-0.15, -0.1) is 0 Å². The van der Waals surface area contributed by atoms with Gasteiger partial charge in [-0.05, 0) is 49.5 Å². The van der Waals surface area contributed by atoms with Crippen molar-refractivity contribution in [2.24, 2.45) is 5.92 Å². The topological polar surface area (TPSA) is 57.6 Å². The average Bonchev–Trinajstić information content (AvgIpc) is 3.28. The summed E-state index contributed by atoms with van der Waals surface area (Å²) in [4.78, 5) is 24.4. The molecule has 0 spiro atoms. The SMILES string of the molecule is CC(C1CC1)N(C)C(=O)c1cc(C=CC(=O)O)ccc1F. The summed E-state index contributed by atoms with van der Waals surface area (Å²) < 4.78 is 13.9. The normalized spacial score (nSPS) is 16.0. The van der Waals surface area contributed by atoms with Crippen LogP contribution in [0.2, 0.25) is 0 Å². The highest BCUT2D eigenvalue weighted by Crippen LogP contribution is 2.35. The fourth-order valence-corrected chi connectivity index (χ4v) is 2.25. The summed E-state index contributed by atoms with van der Waals surface area (Å²) in [6, 6.07) is 4.09. The van der Waals surface area contributed by atoms with E-state index in [9.17, 15) is 14.0 Å². The van der Waals surface area contributed by atoms with Crippen molar-refractivity contribution >= 4 is 18.0 Å². The lowest BCUT2D eigenvalue weighted by atomic mass is 10.1. The number of hydrogen-bond acceptors (Lipinski definition) is 2. The van der Waals surface area contributed by atoms with Crippen LogP contribution < -0.4 is 0 Å². The first-order valence-electron chi connectivity index (χ1n) is 6.88. The molecule has 1 aliphatic rings. The number of nitrogens with zero attached hydrogens (tertiary/aromatic N) is 1. The number of aliphatic carboxylic acids is 1. The van der Waals surface area contributed by atoms with Crippen LogP contribution in [0.5, 0.6) is 0 Å². The van der Waals surface area contributed by atoms with E-state index in [1.165, 1.54) is 24.3 Å². The van der Waals surface area contributed by atoms with Crippen LogP contribution in [0.25, 0.3) is 6.08 Å². The lowest BCUT2D eigenvalue weighted by Gasteiger charge is -2.25. The zero-order valence-corrected chi connectivity index (χ0v) is 12.0. The van der Waals surface area contributed by atoms with E-state index >= 15 is 0 Å². The molecule has 112 valence electrons. The number of carboxylic acid groups (broad SMARTS) is 1. The van der Waals surface area contributed by atoms with Crippen molar-refractivity contribution in [3.05, 3.63) is 41.2 Å². The Bertz CT molecular complexity index is 593. The molecule has 1 aliphatic carbocycles. The molecule has 2 rings (SSSR count). The summed E-state index contributed by atoms with van der Waals surface area (Å²) in [6.45, 7) is 1.96. The van der Waals surface area contributed by atoms with Gasteiger partial charge >= 0.3 is 5.97 Å². The van der Waals surface area contributed by atoms with E-state index in [0.29, 0.717) is 11.5 Å². The third-order valence-corrected chi connectivity index (χ3v) is 3.87. The lowest BCUT2D eigenvalue weighted by molar-refractivity contribution is -0.131. The minimum atomic E-state index is -1.09. The highest BCUT2D eigenvalue weighted by atomic mass is 19.1. The molecule has 1 atom stereocenters. The van der Waals surface area contributed by atoms with Gasteiger partial charge in [0.2, 0.25) is 0 Å². The van der Waals surface area contributed by atoms with Crippen molar-refractivity contribution in [1.29, 1.82) is 0 Å². The Morgan fingerprint density at radius 1 is 1.43 bits per heavy atom. The standard InChI is InChI=1S/C16H18FNO3/c1-10(12-5-6-12)18(2)16(21)13-9-11(3-7-14(13)17)4-8-15(19)20/h3-4,7-10,12H,5-6H2,1-2H3,(H,19,20). The van der Waals surface area contributed by atoms with E-state index in [4.69, 9.17) is 5.11 Å². The summed E-state index contributed by atoms with van der Waals surface area (Å²) >= 11 is 0. The maximum absolute atomic E-state index is 13.9. The van der Waals surface area contributed by atoms with Crippen molar-refractivity contribution in [1.82, 2.24) is 4.90 Å². The van der Waals surface area contributed by atoms with E-state index in [1.54, 1.807) is 11.9 Å². The zero-order chi connectivity index (χ0) is 15.6. The molecule has 1 aromatic carbocycles. The van der Waals surface area contributed by atoms with Crippen molar-refractivity contribution < 1.29 is 19.1 Å². The summed E-state index contributed by atoms with van der Waals surface area (Å²) in [5.41, 5.74) is 0.451. The van der Waals surface area contributed by atoms with Gasteiger partial charge in [0, 0.05) is 19.2 Å². The molecule has 5 heteroatoms. The van der Waals surface area contributed by atoms with Crippen LogP contribution in [-0.4, -0.2) is 35.0 Å². The van der Waals surface area contributed by atoms with Crippen LogP contribution in [0.3, 0.4) is 0 Å². The second kappa shape index (κ2) is 6.08. The molecule has 0 aromatic heterocycles. The number of carbonyl (C=O) groups is 2. The quantitative estimate of drug-likeness (QED) is 0.849. The summed E-state index contributed by atoms with van der Waals surface area (Å²) in [5, 5.41) is 8.60. The second-order valence-corrected chi connectivity index (χ2v) is 5.40. The number of halogens is 1. The molecule has 4 nitrogen and oxygen atoms in total. The molecule has 0 heterocycles. The van der Waals surface area contributed by atoms with Crippen molar-refractivity contribution in [2.45, 2.75) is 25.8 Å². The molecule has 1 aromatic rings. The van der Waals surface area contributed by atoms with E-state index in [1.807, 2.05) is 6.92 Å². The molecule has 1 amide bonds. The van der Waals surface area contributed by atoms with Crippen LogP contribution >= 0.6 is 0 Å². The van der Waals surface area contributed by atoms with Crippen molar-refractivity contribution in [3.8, 4) is 0 Å². The van der Waals surface area contributed by atoms with Crippen molar-refractivity contribution in [3.63, 3.8) is 0 Å². The average molecular weight is 291 g/mol. The third kappa shape index (κ3) is 3.68. The highest BCUT2D eigenvalue weighted by molar-refractivity contribution is 5.95. The van der Waals surface area contributed by atoms with Gasteiger partial charge in [0.05, 0.1) is 5.56 Å². The van der Waals surface area contributed by atoms with Gasteiger partial charge in [0.1, 0.15) is 5.82 Å². The highest BCUT2D eigenvalue weighted by Gasteiger charge is 2.33. The molecule has 1 unspecified atom stereocenters. The molecule has 0 saturated heterocycles. The number of carboxylic acids is 1. The first-order chi connectivity index (χ1) is 9.90. The molecule has 0 bridgehead atoms. The van der Waals surface area contributed by atoms with Crippen LogP contribution in [0.1, 0.15) is 35.7 Å². The van der Waals surface area contributed by atoms with E-state index < -0.39 is 11.8 Å². The third-order valence-electron chi connectivity index (χ3n) is 3.87. The predicted octanol–water partition coefficient (Wildman–Crippen LogP) is 2.79. The van der Waals surface area contributed by atoms with Crippen LogP contribution in [0.4, 0.5) is 4.39 Å². The summed E-state index contributed by atoms with van der Waals surface area (Å²) in [5.74, 6) is -1.57. The number of rotatable bonds is 5. The molecular weight excluding hydrogens is 273 g/mol. The summed E-state index contributed by atoms with van der Waals surface area (Å²) in [6.07, 6.45) is 4.49. The van der Waals surface area contributed by atoms with E-state index in [0.717, 1.165) is 18.9 Å². The monoisotopic (exact) mass is 291 g/mol. The molecule has 0 radical (unpaired) electrons. The minimum absolute atomic E-state index is 0.0301. The first-order valence-corrected chi connectivity index (χ1v) is 6.88. The Morgan fingerprint density at radius 2 is 2.10 bits per heavy atom. The van der Waals surface area contributed by atoms with Gasteiger partial charge in [-0.1, -0.05) is 6.07 Å². The Labute approximate surface area is 122 Å². The molecule has 21 heavy (non-hydrogen) atoms. The van der Waals surface area contributed by atoms with Gasteiger partial charge < -0.3 is 10.0 Å². The van der Waals surface area contributed by atoms with Gasteiger partial charge in [0.25, 0.3) is 5.91 Å². The second-order valence-electron chi connectivity index (χ2n) is 5.40. The number of amides is 1. The van der Waals surface area contributed by atoms with Gasteiger partial charge in [0.15, 0.2) is 0 Å². The van der Waals surface area contributed by atoms with Gasteiger partial charge in [-0.3, -0.25) is 4.79 Å². The van der Waals surface area contributed by atoms with Crippen LogP contribution in [0, 0.1) is 11.7 Å². The largest absolute Gasteiger partial charge is 0.478 e. The molecule has 1 N–H and O–H groups in total. The predicted molar refractivity (Wildman–Crippen MR) is 77.3 cm³/mol. The fourth-order valence-electron chi connectivity index (χ4n) is 2.25. The number of benzene rings is 1. The molecule has 0 aliphatic heterocycles. The maximum atomic E-state index is 13.9. The maximum Gasteiger partial charge on any atom is 0.328 e. The molecule has 1 saturated carbocycles.